The molecule has 3 aliphatic rings. The van der Waals surface area contributed by atoms with Crippen LogP contribution in [0.1, 0.15) is 43.4 Å². The molecule has 2 aliphatic heterocycles. The van der Waals surface area contributed by atoms with E-state index >= 15 is 0 Å². The van der Waals surface area contributed by atoms with Crippen LogP contribution in [0.25, 0.3) is 11.4 Å². The molecule has 1 aliphatic carbocycles. The molecule has 1 unspecified atom stereocenters. The number of hydrogen-bond donors (Lipinski definition) is 2. The van der Waals surface area contributed by atoms with E-state index < -0.39 is 0 Å². The van der Waals surface area contributed by atoms with Crippen molar-refractivity contribution in [3.05, 3.63) is 41.6 Å². The van der Waals surface area contributed by atoms with Crippen molar-refractivity contribution in [2.75, 3.05) is 37.6 Å². The van der Waals surface area contributed by atoms with Gasteiger partial charge in [-0.1, -0.05) is 30.3 Å². The third kappa shape index (κ3) is 3.92. The maximum atomic E-state index is 11.4. The lowest BCUT2D eigenvalue weighted by Crippen LogP contribution is -2.45. The minimum absolute atomic E-state index is 0.0408. The molecule has 7 nitrogen and oxygen atoms in total. The third-order valence-electron chi connectivity index (χ3n) is 7.26. The zero-order chi connectivity index (χ0) is 21.4. The van der Waals surface area contributed by atoms with Crippen LogP contribution in [-0.2, 0) is 16.6 Å². The summed E-state index contributed by atoms with van der Waals surface area (Å²) >= 11 is 0. The normalized spacial score (nSPS) is 23.1. The summed E-state index contributed by atoms with van der Waals surface area (Å²) in [5, 5.41) is 10.3. The lowest BCUT2D eigenvalue weighted by Gasteiger charge is -2.39. The number of rotatable bonds is 4. The number of aromatic nitrogens is 2. The van der Waals surface area contributed by atoms with Gasteiger partial charge in [0.2, 0.25) is 5.91 Å². The summed E-state index contributed by atoms with van der Waals surface area (Å²) < 4.78 is 0. The summed E-state index contributed by atoms with van der Waals surface area (Å²) in [6.07, 6.45) is 5.56. The number of carbonyl (C=O) groups is 1. The highest BCUT2D eigenvalue weighted by Gasteiger charge is 2.45. The van der Waals surface area contributed by atoms with E-state index in [2.05, 4.69) is 21.9 Å². The monoisotopic (exact) mass is 421 g/mol. The Labute approximate surface area is 183 Å². The number of likely N-dealkylation sites (tertiary alicyclic amines) is 1. The number of aliphatic hydroxyl groups excluding tert-OH is 1. The van der Waals surface area contributed by atoms with Crippen LogP contribution in [0, 0.1) is 0 Å². The molecule has 1 aromatic heterocycles. The molecule has 0 bridgehead atoms. The van der Waals surface area contributed by atoms with E-state index in [1.54, 1.807) is 0 Å². The maximum Gasteiger partial charge on any atom is 0.231 e. The number of hydrogen-bond acceptors (Lipinski definition) is 6. The Morgan fingerprint density at radius 3 is 2.61 bits per heavy atom. The Bertz CT molecular complexity index is 956. The standard InChI is InChI=1S/C24H31N5O2/c25-20(31)16-28-13-10-24(11-14-28)9-8-19-21(24)26-22(17-5-2-1-3-6-17)27-23(19)29-12-4-7-18(30)15-29/h1-3,5-6,18,30H,4,7-16H2,(H2,25,31). The maximum absolute atomic E-state index is 11.4. The highest BCUT2D eigenvalue weighted by molar-refractivity contribution is 5.76. The van der Waals surface area contributed by atoms with Crippen LogP contribution in [0.2, 0.25) is 0 Å². The fourth-order valence-corrected chi connectivity index (χ4v) is 5.59. The van der Waals surface area contributed by atoms with Crippen LogP contribution >= 0.6 is 0 Å². The number of aliphatic hydroxyl groups is 1. The van der Waals surface area contributed by atoms with E-state index in [4.69, 9.17) is 15.7 Å². The highest BCUT2D eigenvalue weighted by Crippen LogP contribution is 2.48. The van der Waals surface area contributed by atoms with Gasteiger partial charge in [-0.25, -0.2) is 9.97 Å². The molecule has 164 valence electrons. The summed E-state index contributed by atoms with van der Waals surface area (Å²) in [4.78, 5) is 26.0. The van der Waals surface area contributed by atoms with Crippen molar-refractivity contribution in [2.45, 2.75) is 50.0 Å². The van der Waals surface area contributed by atoms with E-state index in [0.717, 1.165) is 75.4 Å². The predicted molar refractivity (Wildman–Crippen MR) is 120 cm³/mol. The number of primary amides is 1. The second kappa shape index (κ2) is 8.20. The summed E-state index contributed by atoms with van der Waals surface area (Å²) in [6, 6.07) is 10.2. The van der Waals surface area contributed by atoms with Crippen molar-refractivity contribution < 1.29 is 9.90 Å². The van der Waals surface area contributed by atoms with Gasteiger partial charge in [-0.3, -0.25) is 9.69 Å². The molecule has 0 saturated carbocycles. The van der Waals surface area contributed by atoms with Gasteiger partial charge in [0.15, 0.2) is 5.82 Å². The van der Waals surface area contributed by atoms with E-state index in [0.29, 0.717) is 13.1 Å². The lowest BCUT2D eigenvalue weighted by atomic mass is 9.76. The summed E-state index contributed by atoms with van der Waals surface area (Å²) in [5.41, 5.74) is 8.93. The van der Waals surface area contributed by atoms with Crippen LogP contribution in [-0.4, -0.2) is 64.7 Å². The highest BCUT2D eigenvalue weighted by atomic mass is 16.3. The number of benzene rings is 1. The number of nitrogens with two attached hydrogens (primary N) is 1. The minimum Gasteiger partial charge on any atom is -0.391 e. The van der Waals surface area contributed by atoms with Gasteiger partial charge in [-0.2, -0.15) is 0 Å². The zero-order valence-electron chi connectivity index (χ0n) is 18.0. The average molecular weight is 422 g/mol. The number of nitrogens with zero attached hydrogens (tertiary/aromatic N) is 4. The molecule has 2 saturated heterocycles. The smallest absolute Gasteiger partial charge is 0.231 e. The molecule has 3 N–H and O–H groups in total. The second-order valence-electron chi connectivity index (χ2n) is 9.33. The molecule has 5 rings (SSSR count). The lowest BCUT2D eigenvalue weighted by molar-refractivity contribution is -0.119. The topological polar surface area (TPSA) is 95.6 Å². The number of amides is 1. The Morgan fingerprint density at radius 2 is 1.90 bits per heavy atom. The zero-order valence-corrected chi connectivity index (χ0v) is 18.0. The molecule has 1 atom stereocenters. The minimum atomic E-state index is -0.299. The van der Waals surface area contributed by atoms with Crippen molar-refractivity contribution in [3.63, 3.8) is 0 Å². The fourth-order valence-electron chi connectivity index (χ4n) is 5.59. The molecular formula is C24H31N5O2. The fraction of sp³-hybridized carbons (Fsp3) is 0.542. The van der Waals surface area contributed by atoms with Gasteiger partial charge in [0.1, 0.15) is 5.82 Å². The molecular weight excluding hydrogens is 390 g/mol. The molecule has 3 heterocycles. The van der Waals surface area contributed by atoms with Crippen molar-refractivity contribution in [3.8, 4) is 11.4 Å². The van der Waals surface area contributed by atoms with Crippen molar-refractivity contribution in [1.82, 2.24) is 14.9 Å². The van der Waals surface area contributed by atoms with Crippen LogP contribution in [0.15, 0.2) is 30.3 Å². The summed E-state index contributed by atoms with van der Waals surface area (Å²) in [5.74, 6) is 1.52. The predicted octanol–water partition coefficient (Wildman–Crippen LogP) is 1.87. The average Bonchev–Trinajstić information content (AvgIpc) is 3.13. The molecule has 2 fully saturated rings. The van der Waals surface area contributed by atoms with Gasteiger partial charge in [-0.15, -0.1) is 0 Å². The second-order valence-corrected chi connectivity index (χ2v) is 9.33. The first-order valence-electron chi connectivity index (χ1n) is 11.4. The van der Waals surface area contributed by atoms with E-state index in [9.17, 15) is 9.90 Å². The van der Waals surface area contributed by atoms with Gasteiger partial charge < -0.3 is 15.7 Å². The van der Waals surface area contributed by atoms with Crippen LogP contribution in [0.4, 0.5) is 5.82 Å². The number of carbonyl (C=O) groups excluding carboxylic acids is 1. The number of anilines is 1. The van der Waals surface area contributed by atoms with Crippen LogP contribution in [0.5, 0.6) is 0 Å². The summed E-state index contributed by atoms with van der Waals surface area (Å²) in [6.45, 7) is 3.62. The first-order chi connectivity index (χ1) is 15.0. The Morgan fingerprint density at radius 1 is 1.13 bits per heavy atom. The molecule has 2 aromatic rings. The molecule has 1 aromatic carbocycles. The van der Waals surface area contributed by atoms with Gasteiger partial charge >= 0.3 is 0 Å². The number of fused-ring (bicyclic) bond motifs is 2. The number of piperidine rings is 2. The molecule has 31 heavy (non-hydrogen) atoms. The van der Waals surface area contributed by atoms with Gasteiger partial charge in [0.05, 0.1) is 18.3 Å². The number of β-amino-alcohol motifs (C(OH)–C–C–N with tert-alkyl or cyclic N) is 1. The van der Waals surface area contributed by atoms with Crippen LogP contribution in [0.3, 0.4) is 0 Å². The van der Waals surface area contributed by atoms with Gasteiger partial charge in [0, 0.05) is 29.6 Å². The first kappa shape index (κ1) is 20.4. The third-order valence-corrected chi connectivity index (χ3v) is 7.26. The largest absolute Gasteiger partial charge is 0.391 e. The molecule has 0 radical (unpaired) electrons. The van der Waals surface area contributed by atoms with Crippen molar-refractivity contribution >= 4 is 11.7 Å². The van der Waals surface area contributed by atoms with Gasteiger partial charge in [0.25, 0.3) is 0 Å². The van der Waals surface area contributed by atoms with E-state index in [1.807, 2.05) is 18.2 Å². The van der Waals surface area contributed by atoms with E-state index in [1.165, 1.54) is 11.3 Å². The SMILES string of the molecule is NC(=O)CN1CCC2(CCc3c(N4CCCC(O)C4)nc(-c4ccccc4)nc32)CC1. The van der Waals surface area contributed by atoms with Crippen LogP contribution < -0.4 is 10.6 Å². The van der Waals surface area contributed by atoms with Crippen molar-refractivity contribution in [2.24, 2.45) is 5.73 Å². The molecule has 1 amide bonds. The van der Waals surface area contributed by atoms with Crippen molar-refractivity contribution in [1.29, 1.82) is 0 Å². The molecule has 7 heteroatoms. The molecule has 1 spiro atoms. The van der Waals surface area contributed by atoms with E-state index in [-0.39, 0.29) is 17.4 Å². The summed E-state index contributed by atoms with van der Waals surface area (Å²) in [7, 11) is 0. The van der Waals surface area contributed by atoms with Gasteiger partial charge in [-0.05, 0) is 51.6 Å². The quantitative estimate of drug-likeness (QED) is 0.783. The Kier molecular flexibility index (Phi) is 5.40. The Hall–Kier alpha value is -2.51. The first-order valence-corrected chi connectivity index (χ1v) is 11.4. The Balaban J connectivity index is 1.54.